The van der Waals surface area contributed by atoms with Crippen molar-refractivity contribution < 1.29 is 24.2 Å². The van der Waals surface area contributed by atoms with Gasteiger partial charge in [-0.1, -0.05) is 30.3 Å². The molecule has 1 aliphatic heterocycles. The Morgan fingerprint density at radius 1 is 1.19 bits per heavy atom. The highest BCUT2D eigenvalue weighted by Gasteiger charge is 2.35. The molecule has 0 atom stereocenters. The first-order valence-electron chi connectivity index (χ1n) is 8.82. The van der Waals surface area contributed by atoms with E-state index in [9.17, 15) is 14.7 Å². The molecule has 2 amide bonds. The Bertz CT molecular complexity index is 604. The number of hydrogen-bond acceptors (Lipinski definition) is 5. The number of aliphatic hydroxyl groups is 1. The number of amides is 2. The second-order valence-electron chi connectivity index (χ2n) is 7.61. The lowest BCUT2D eigenvalue weighted by atomic mass is 9.91. The summed E-state index contributed by atoms with van der Waals surface area (Å²) in [5.74, 6) is 0. The summed E-state index contributed by atoms with van der Waals surface area (Å²) in [6.07, 6.45) is -0.224. The Balaban J connectivity index is 1.73. The van der Waals surface area contributed by atoms with E-state index in [1.54, 1.807) is 25.7 Å². The zero-order chi connectivity index (χ0) is 19.2. The Morgan fingerprint density at radius 3 is 2.38 bits per heavy atom. The third-order valence-corrected chi connectivity index (χ3v) is 4.12. The van der Waals surface area contributed by atoms with Crippen LogP contribution in [0.4, 0.5) is 9.59 Å². The lowest BCUT2D eigenvalue weighted by Crippen LogP contribution is -2.52. The van der Waals surface area contributed by atoms with Gasteiger partial charge in [-0.05, 0) is 39.2 Å². The van der Waals surface area contributed by atoms with E-state index in [1.807, 2.05) is 30.3 Å². The molecule has 1 fully saturated rings. The standard InChI is InChI=1S/C19H28N2O5/c1-18(2,3)26-16(22)20-14-19(24)9-11-21(12-10-19)17(23)25-13-15-7-5-4-6-8-15/h4-8,24H,9-14H2,1-3H3,(H,20,22). The van der Waals surface area contributed by atoms with E-state index < -0.39 is 23.4 Å². The van der Waals surface area contributed by atoms with Gasteiger partial charge in [0.1, 0.15) is 12.2 Å². The Morgan fingerprint density at radius 2 is 1.81 bits per heavy atom. The fraction of sp³-hybridized carbons (Fsp3) is 0.579. The zero-order valence-electron chi connectivity index (χ0n) is 15.7. The van der Waals surface area contributed by atoms with Crippen LogP contribution in [0, 0.1) is 0 Å². The second kappa shape index (κ2) is 8.40. The predicted octanol–water partition coefficient (Wildman–Crippen LogP) is 2.67. The highest BCUT2D eigenvalue weighted by molar-refractivity contribution is 5.68. The normalized spacial score (nSPS) is 16.7. The van der Waals surface area contributed by atoms with E-state index in [1.165, 1.54) is 0 Å². The lowest BCUT2D eigenvalue weighted by molar-refractivity contribution is -0.0228. The average Bonchev–Trinajstić information content (AvgIpc) is 2.58. The summed E-state index contributed by atoms with van der Waals surface area (Å²) < 4.78 is 10.5. The van der Waals surface area contributed by atoms with Crippen molar-refractivity contribution >= 4 is 12.2 Å². The molecule has 0 unspecified atom stereocenters. The molecule has 0 saturated carbocycles. The van der Waals surface area contributed by atoms with E-state index in [4.69, 9.17) is 9.47 Å². The molecule has 0 radical (unpaired) electrons. The molecule has 7 nitrogen and oxygen atoms in total. The van der Waals surface area contributed by atoms with Gasteiger partial charge in [-0.15, -0.1) is 0 Å². The molecule has 144 valence electrons. The Labute approximate surface area is 154 Å². The van der Waals surface area contributed by atoms with Gasteiger partial charge in [0.05, 0.1) is 5.60 Å². The fourth-order valence-corrected chi connectivity index (χ4v) is 2.64. The number of benzene rings is 1. The number of ether oxygens (including phenoxy) is 2. The summed E-state index contributed by atoms with van der Waals surface area (Å²) in [5, 5.41) is 13.2. The third-order valence-electron chi connectivity index (χ3n) is 4.12. The molecular formula is C19H28N2O5. The molecule has 26 heavy (non-hydrogen) atoms. The topological polar surface area (TPSA) is 88.1 Å². The molecule has 0 aliphatic carbocycles. The van der Waals surface area contributed by atoms with E-state index in [2.05, 4.69) is 5.32 Å². The van der Waals surface area contributed by atoms with Crippen molar-refractivity contribution in [2.45, 2.75) is 51.4 Å². The summed E-state index contributed by atoms with van der Waals surface area (Å²) >= 11 is 0. The average molecular weight is 364 g/mol. The van der Waals surface area contributed by atoms with E-state index in [-0.39, 0.29) is 13.2 Å². The molecular weight excluding hydrogens is 336 g/mol. The highest BCUT2D eigenvalue weighted by atomic mass is 16.6. The van der Waals surface area contributed by atoms with Crippen LogP contribution in [0.2, 0.25) is 0 Å². The molecule has 1 aromatic rings. The maximum absolute atomic E-state index is 12.1. The van der Waals surface area contributed by atoms with Crippen molar-refractivity contribution in [2.75, 3.05) is 19.6 Å². The number of nitrogens with zero attached hydrogens (tertiary/aromatic N) is 1. The highest BCUT2D eigenvalue weighted by Crippen LogP contribution is 2.22. The summed E-state index contributed by atoms with van der Waals surface area (Å²) in [4.78, 5) is 25.4. The van der Waals surface area contributed by atoms with Crippen LogP contribution >= 0.6 is 0 Å². The molecule has 2 rings (SSSR count). The number of likely N-dealkylation sites (tertiary alicyclic amines) is 1. The van der Waals surface area contributed by atoms with Crippen LogP contribution in [-0.2, 0) is 16.1 Å². The number of piperidine rings is 1. The molecule has 0 spiro atoms. The van der Waals surface area contributed by atoms with Crippen LogP contribution in [0.15, 0.2) is 30.3 Å². The largest absolute Gasteiger partial charge is 0.445 e. The van der Waals surface area contributed by atoms with Crippen molar-refractivity contribution in [2.24, 2.45) is 0 Å². The van der Waals surface area contributed by atoms with Crippen LogP contribution in [0.25, 0.3) is 0 Å². The van der Waals surface area contributed by atoms with Gasteiger partial charge in [0, 0.05) is 19.6 Å². The number of alkyl carbamates (subject to hydrolysis) is 1. The van der Waals surface area contributed by atoms with Gasteiger partial charge in [-0.2, -0.15) is 0 Å². The van der Waals surface area contributed by atoms with E-state index in [0.29, 0.717) is 25.9 Å². The molecule has 0 bridgehead atoms. The van der Waals surface area contributed by atoms with E-state index in [0.717, 1.165) is 5.56 Å². The number of nitrogens with one attached hydrogen (secondary N) is 1. The Kier molecular flexibility index (Phi) is 6.47. The fourth-order valence-electron chi connectivity index (χ4n) is 2.64. The van der Waals surface area contributed by atoms with Crippen molar-refractivity contribution in [3.05, 3.63) is 35.9 Å². The molecule has 1 saturated heterocycles. The first-order valence-corrected chi connectivity index (χ1v) is 8.82. The summed E-state index contributed by atoms with van der Waals surface area (Å²) in [6, 6.07) is 9.47. The lowest BCUT2D eigenvalue weighted by Gasteiger charge is -2.37. The van der Waals surface area contributed by atoms with Gasteiger partial charge >= 0.3 is 12.2 Å². The van der Waals surface area contributed by atoms with Gasteiger partial charge in [0.2, 0.25) is 0 Å². The number of carbonyl (C=O) groups excluding carboxylic acids is 2. The van der Waals surface area contributed by atoms with Gasteiger partial charge in [-0.25, -0.2) is 9.59 Å². The van der Waals surface area contributed by atoms with Crippen molar-refractivity contribution in [1.29, 1.82) is 0 Å². The third kappa shape index (κ3) is 6.55. The zero-order valence-corrected chi connectivity index (χ0v) is 15.7. The van der Waals surface area contributed by atoms with Gasteiger partial charge < -0.3 is 24.8 Å². The SMILES string of the molecule is CC(C)(C)OC(=O)NCC1(O)CCN(C(=O)OCc2ccccc2)CC1. The summed E-state index contributed by atoms with van der Waals surface area (Å²) in [7, 11) is 0. The van der Waals surface area contributed by atoms with Gasteiger partial charge in [0.15, 0.2) is 0 Å². The molecule has 0 aromatic heterocycles. The Hall–Kier alpha value is -2.28. The minimum atomic E-state index is -1.05. The van der Waals surface area contributed by atoms with Crippen LogP contribution in [0.5, 0.6) is 0 Å². The van der Waals surface area contributed by atoms with Crippen LogP contribution in [-0.4, -0.2) is 53.0 Å². The summed E-state index contributed by atoms with van der Waals surface area (Å²) in [6.45, 7) is 6.40. The molecule has 2 N–H and O–H groups in total. The first kappa shape index (κ1) is 20.0. The second-order valence-corrected chi connectivity index (χ2v) is 7.61. The minimum absolute atomic E-state index is 0.0921. The molecule has 1 aromatic carbocycles. The molecule has 1 heterocycles. The monoisotopic (exact) mass is 364 g/mol. The summed E-state index contributed by atoms with van der Waals surface area (Å²) in [5.41, 5.74) is -0.706. The van der Waals surface area contributed by atoms with Gasteiger partial charge in [0.25, 0.3) is 0 Å². The van der Waals surface area contributed by atoms with E-state index >= 15 is 0 Å². The number of carbonyl (C=O) groups is 2. The van der Waals surface area contributed by atoms with Crippen LogP contribution in [0.3, 0.4) is 0 Å². The van der Waals surface area contributed by atoms with Crippen LogP contribution in [0.1, 0.15) is 39.2 Å². The smallest absolute Gasteiger partial charge is 0.410 e. The van der Waals surface area contributed by atoms with Gasteiger partial charge in [-0.3, -0.25) is 0 Å². The maximum atomic E-state index is 12.1. The molecule has 7 heteroatoms. The van der Waals surface area contributed by atoms with Crippen molar-refractivity contribution in [1.82, 2.24) is 10.2 Å². The number of hydrogen-bond donors (Lipinski definition) is 2. The number of rotatable bonds is 4. The van der Waals surface area contributed by atoms with Crippen LogP contribution < -0.4 is 5.32 Å². The predicted molar refractivity (Wildman–Crippen MR) is 96.6 cm³/mol. The molecule has 1 aliphatic rings. The van der Waals surface area contributed by atoms with Crippen molar-refractivity contribution in [3.8, 4) is 0 Å². The quantitative estimate of drug-likeness (QED) is 0.858. The maximum Gasteiger partial charge on any atom is 0.410 e. The first-order chi connectivity index (χ1) is 12.2. The van der Waals surface area contributed by atoms with Crippen molar-refractivity contribution in [3.63, 3.8) is 0 Å². The minimum Gasteiger partial charge on any atom is -0.445 e.